The van der Waals surface area contributed by atoms with E-state index >= 15 is 0 Å². The predicted molar refractivity (Wildman–Crippen MR) is 218 cm³/mol. The molecule has 0 aliphatic heterocycles. The van der Waals surface area contributed by atoms with E-state index in [-0.39, 0.29) is 0 Å². The number of fused-ring (bicyclic) bond motifs is 6. The Hall–Kier alpha value is -6.64. The Bertz CT molecular complexity index is 2690. The number of para-hydroxylation sites is 2. The highest BCUT2D eigenvalue weighted by Crippen LogP contribution is 2.56. The molecule has 0 fully saturated rings. The van der Waals surface area contributed by atoms with Crippen LogP contribution in [0.1, 0.15) is 22.3 Å². The summed E-state index contributed by atoms with van der Waals surface area (Å²) in [5, 5.41) is 2.47. The molecular formula is C50H36N2. The Morgan fingerprint density at radius 3 is 1.62 bits per heavy atom. The fraction of sp³-hybridized carbons (Fsp3) is 0.0400. The zero-order valence-electron chi connectivity index (χ0n) is 28.9. The number of rotatable bonds is 6. The lowest BCUT2D eigenvalue weighted by molar-refractivity contribution is 0.769. The average Bonchev–Trinajstić information content (AvgIpc) is 3.71. The molecule has 0 bridgehead atoms. The maximum atomic E-state index is 2.46. The van der Waals surface area contributed by atoms with E-state index in [9.17, 15) is 0 Å². The Morgan fingerprint density at radius 1 is 0.404 bits per heavy atom. The lowest BCUT2D eigenvalue weighted by atomic mass is 9.67. The minimum atomic E-state index is -0.436. The Labute approximate surface area is 304 Å². The van der Waals surface area contributed by atoms with Gasteiger partial charge in [-0.25, -0.2) is 0 Å². The van der Waals surface area contributed by atoms with E-state index in [1.807, 2.05) is 0 Å². The Balaban J connectivity index is 1.21. The van der Waals surface area contributed by atoms with Crippen molar-refractivity contribution in [3.63, 3.8) is 0 Å². The molecule has 52 heavy (non-hydrogen) atoms. The van der Waals surface area contributed by atoms with Gasteiger partial charge >= 0.3 is 0 Å². The van der Waals surface area contributed by atoms with E-state index < -0.39 is 5.41 Å². The van der Waals surface area contributed by atoms with Crippen LogP contribution in [0.15, 0.2) is 200 Å². The molecule has 1 aliphatic rings. The van der Waals surface area contributed by atoms with Crippen LogP contribution in [0.4, 0.5) is 11.4 Å². The first-order valence-corrected chi connectivity index (χ1v) is 18.0. The number of aromatic nitrogens is 1. The van der Waals surface area contributed by atoms with Crippen LogP contribution in [0.25, 0.3) is 49.7 Å². The second-order valence-electron chi connectivity index (χ2n) is 13.8. The van der Waals surface area contributed by atoms with Gasteiger partial charge in [0.05, 0.1) is 16.4 Å². The average molecular weight is 665 g/mol. The van der Waals surface area contributed by atoms with Gasteiger partial charge in [0.2, 0.25) is 0 Å². The number of anilines is 2. The second kappa shape index (κ2) is 12.0. The van der Waals surface area contributed by atoms with E-state index in [1.165, 1.54) is 66.3 Å². The molecule has 0 amide bonds. The first-order chi connectivity index (χ1) is 25.7. The molecule has 0 radical (unpaired) electrons. The van der Waals surface area contributed by atoms with Gasteiger partial charge in [-0.3, -0.25) is 0 Å². The van der Waals surface area contributed by atoms with Crippen LogP contribution in [-0.2, 0) is 5.41 Å². The van der Waals surface area contributed by atoms with Crippen molar-refractivity contribution in [2.24, 2.45) is 0 Å². The highest BCUT2D eigenvalue weighted by molar-refractivity contribution is 6.11. The molecular weight excluding hydrogens is 629 g/mol. The van der Waals surface area contributed by atoms with Crippen LogP contribution in [0.5, 0.6) is 0 Å². The molecule has 0 unspecified atom stereocenters. The summed E-state index contributed by atoms with van der Waals surface area (Å²) in [6.07, 6.45) is 0. The molecule has 0 N–H and O–H groups in total. The summed E-state index contributed by atoms with van der Waals surface area (Å²) in [5.41, 5.74) is 15.6. The topological polar surface area (TPSA) is 8.17 Å². The Morgan fingerprint density at radius 2 is 0.923 bits per heavy atom. The number of benzene rings is 8. The van der Waals surface area contributed by atoms with Gasteiger partial charge in [-0.15, -0.1) is 0 Å². The smallest absolute Gasteiger partial charge is 0.0713 e. The van der Waals surface area contributed by atoms with Crippen molar-refractivity contribution in [3.8, 4) is 27.9 Å². The summed E-state index contributed by atoms with van der Waals surface area (Å²) in [4.78, 5) is 2.26. The third-order valence-corrected chi connectivity index (χ3v) is 11.1. The fourth-order valence-corrected chi connectivity index (χ4v) is 8.68. The van der Waals surface area contributed by atoms with Crippen LogP contribution in [0.3, 0.4) is 0 Å². The third kappa shape index (κ3) is 4.51. The largest absolute Gasteiger partial charge is 0.345 e. The molecule has 1 aromatic heterocycles. The van der Waals surface area contributed by atoms with Crippen LogP contribution >= 0.6 is 0 Å². The lowest BCUT2D eigenvalue weighted by Gasteiger charge is -2.34. The van der Waals surface area contributed by atoms with Gasteiger partial charge in [-0.1, -0.05) is 140 Å². The molecule has 2 nitrogen and oxygen atoms in total. The van der Waals surface area contributed by atoms with Crippen molar-refractivity contribution < 1.29 is 0 Å². The van der Waals surface area contributed by atoms with Gasteiger partial charge < -0.3 is 9.47 Å². The molecule has 0 saturated carbocycles. The van der Waals surface area contributed by atoms with Crippen molar-refractivity contribution >= 4 is 33.2 Å². The van der Waals surface area contributed by atoms with Crippen molar-refractivity contribution in [1.29, 1.82) is 0 Å². The van der Waals surface area contributed by atoms with Gasteiger partial charge in [0.1, 0.15) is 0 Å². The summed E-state index contributed by atoms with van der Waals surface area (Å²) in [6.45, 7) is 0. The van der Waals surface area contributed by atoms with E-state index in [1.54, 1.807) is 0 Å². The normalized spacial score (nSPS) is 12.9. The molecule has 8 aromatic carbocycles. The lowest BCUT2D eigenvalue weighted by Crippen LogP contribution is -2.28. The minimum absolute atomic E-state index is 0.436. The van der Waals surface area contributed by atoms with E-state index in [0.717, 1.165) is 17.1 Å². The third-order valence-electron chi connectivity index (χ3n) is 11.1. The quantitative estimate of drug-likeness (QED) is 0.172. The molecule has 9 aromatic rings. The van der Waals surface area contributed by atoms with Gasteiger partial charge in [0.15, 0.2) is 0 Å². The highest BCUT2D eigenvalue weighted by atomic mass is 15.1. The first-order valence-electron chi connectivity index (χ1n) is 18.0. The van der Waals surface area contributed by atoms with Gasteiger partial charge in [0.25, 0.3) is 0 Å². The summed E-state index contributed by atoms with van der Waals surface area (Å²) in [7, 11) is 2.15. The van der Waals surface area contributed by atoms with E-state index in [4.69, 9.17) is 0 Å². The van der Waals surface area contributed by atoms with E-state index in [2.05, 4.69) is 217 Å². The summed E-state index contributed by atoms with van der Waals surface area (Å²) in [6, 6.07) is 73.3. The van der Waals surface area contributed by atoms with Crippen molar-refractivity contribution in [2.45, 2.75) is 5.41 Å². The van der Waals surface area contributed by atoms with Crippen LogP contribution in [0.2, 0.25) is 0 Å². The van der Waals surface area contributed by atoms with Crippen LogP contribution < -0.4 is 4.90 Å². The van der Waals surface area contributed by atoms with Crippen molar-refractivity contribution in [1.82, 2.24) is 4.57 Å². The summed E-state index contributed by atoms with van der Waals surface area (Å²) in [5.74, 6) is 0. The molecule has 0 spiro atoms. The van der Waals surface area contributed by atoms with Gasteiger partial charge in [-0.2, -0.15) is 0 Å². The molecule has 246 valence electrons. The molecule has 1 aliphatic carbocycles. The maximum Gasteiger partial charge on any atom is 0.0713 e. The Kier molecular flexibility index (Phi) is 6.97. The van der Waals surface area contributed by atoms with Crippen LogP contribution in [-0.4, -0.2) is 11.6 Å². The zero-order valence-corrected chi connectivity index (χ0v) is 28.9. The fourth-order valence-electron chi connectivity index (χ4n) is 8.68. The number of hydrogen-bond acceptors (Lipinski definition) is 1. The standard InChI is InChI=1S/C50H36N2/c1-51(39-20-10-4-11-21-39)41-28-31-49-45(34-41)44-32-35(27-30-48(44)52(49)40-22-12-5-13-23-40)36-26-29-43-42-24-14-15-25-46(42)50(47(43)33-36,37-16-6-2-7-17-37)38-18-8-3-9-19-38/h2-34H,1H3. The van der Waals surface area contributed by atoms with Gasteiger partial charge in [0, 0.05) is 34.9 Å². The number of nitrogens with zero attached hydrogens (tertiary/aromatic N) is 2. The number of hydrogen-bond donors (Lipinski definition) is 0. The van der Waals surface area contributed by atoms with Crippen molar-refractivity contribution in [3.05, 3.63) is 222 Å². The maximum absolute atomic E-state index is 2.46. The molecule has 0 saturated heterocycles. The van der Waals surface area contributed by atoms with Crippen molar-refractivity contribution in [2.75, 3.05) is 11.9 Å². The monoisotopic (exact) mass is 664 g/mol. The molecule has 1 heterocycles. The summed E-state index contributed by atoms with van der Waals surface area (Å²) < 4.78 is 2.40. The van der Waals surface area contributed by atoms with Gasteiger partial charge in [-0.05, 0) is 105 Å². The SMILES string of the molecule is CN(c1ccccc1)c1ccc2c(c1)c1cc(-c3ccc4c(c3)C(c3ccccc3)(c3ccccc3)c3ccccc3-4)ccc1n2-c1ccccc1. The zero-order chi connectivity index (χ0) is 34.6. The minimum Gasteiger partial charge on any atom is -0.345 e. The first kappa shape index (κ1) is 30.2. The predicted octanol–water partition coefficient (Wildman–Crippen LogP) is 12.6. The summed E-state index contributed by atoms with van der Waals surface area (Å²) >= 11 is 0. The molecule has 2 heteroatoms. The molecule has 0 atom stereocenters. The molecule has 10 rings (SSSR count). The highest BCUT2D eigenvalue weighted by Gasteiger charge is 2.46. The van der Waals surface area contributed by atoms with Crippen LogP contribution in [0, 0.1) is 0 Å². The van der Waals surface area contributed by atoms with E-state index in [0.29, 0.717) is 0 Å². The second-order valence-corrected chi connectivity index (χ2v) is 13.8.